The number of likely N-dealkylation sites (tertiary alicyclic amines) is 1. The molecule has 1 saturated heterocycles. The number of aromatic nitrogens is 4. The summed E-state index contributed by atoms with van der Waals surface area (Å²) in [7, 11) is 0. The van der Waals surface area contributed by atoms with Crippen LogP contribution in [0.4, 0.5) is 14.6 Å². The Labute approximate surface area is 234 Å². The predicted molar refractivity (Wildman–Crippen MR) is 152 cm³/mol. The van der Waals surface area contributed by atoms with Crippen molar-refractivity contribution in [2.75, 3.05) is 18.8 Å². The molecule has 41 heavy (non-hydrogen) atoms. The zero-order valence-electron chi connectivity index (χ0n) is 22.0. The minimum atomic E-state index is -0.960. The van der Waals surface area contributed by atoms with Crippen molar-refractivity contribution in [2.45, 2.75) is 18.9 Å². The van der Waals surface area contributed by atoms with Gasteiger partial charge in [-0.05, 0) is 73.0 Å². The van der Waals surface area contributed by atoms with E-state index in [1.807, 2.05) is 59.3 Å². The highest BCUT2D eigenvalue weighted by atomic mass is 19.2. The molecule has 1 aliphatic rings. The standard InChI is InChI=1S/C31H26F2N6O2/c32-25-14-8-20(17-26(25)33)9-15-27(40)38-16-4-5-22(18-38)39-31-28(30(34)35-19-36-31)29(37-39)21-10-12-24(13-11-21)41-23-6-2-1-3-7-23/h1-3,6-15,17,19,22H,4-5,16,18H2,(H2,34,35,36). The maximum absolute atomic E-state index is 13.5. The number of hydrogen-bond acceptors (Lipinski definition) is 6. The third kappa shape index (κ3) is 5.49. The number of ether oxygens (including phenoxy) is 1. The van der Waals surface area contributed by atoms with Crippen molar-refractivity contribution in [3.05, 3.63) is 102 Å². The first-order valence-electron chi connectivity index (χ1n) is 13.2. The van der Waals surface area contributed by atoms with E-state index in [1.54, 1.807) is 4.90 Å². The fourth-order valence-electron chi connectivity index (χ4n) is 5.00. The van der Waals surface area contributed by atoms with Gasteiger partial charge in [0, 0.05) is 24.7 Å². The molecular weight excluding hydrogens is 526 g/mol. The second-order valence-corrected chi connectivity index (χ2v) is 9.78. The summed E-state index contributed by atoms with van der Waals surface area (Å²) in [4.78, 5) is 23.4. The second-order valence-electron chi connectivity index (χ2n) is 9.78. The molecule has 0 radical (unpaired) electrons. The Bertz CT molecular complexity index is 1740. The summed E-state index contributed by atoms with van der Waals surface area (Å²) in [5, 5.41) is 5.57. The number of nitrogens with zero attached hydrogens (tertiary/aromatic N) is 5. The molecule has 2 N–H and O–H groups in total. The summed E-state index contributed by atoms with van der Waals surface area (Å²) in [6.45, 7) is 0.981. The van der Waals surface area contributed by atoms with E-state index in [2.05, 4.69) is 9.97 Å². The maximum atomic E-state index is 13.5. The third-order valence-electron chi connectivity index (χ3n) is 7.04. The number of carbonyl (C=O) groups excluding carboxylic acids is 1. The number of nitrogen functional groups attached to an aromatic ring is 1. The highest BCUT2D eigenvalue weighted by molar-refractivity contribution is 5.98. The molecule has 0 saturated carbocycles. The third-order valence-corrected chi connectivity index (χ3v) is 7.04. The molecule has 2 aromatic heterocycles. The summed E-state index contributed by atoms with van der Waals surface area (Å²) >= 11 is 0. The van der Waals surface area contributed by atoms with E-state index < -0.39 is 11.6 Å². The molecule has 1 fully saturated rings. The first-order chi connectivity index (χ1) is 20.0. The van der Waals surface area contributed by atoms with Crippen LogP contribution in [0.2, 0.25) is 0 Å². The SMILES string of the molecule is Nc1ncnc2c1c(-c1ccc(Oc3ccccc3)cc1)nn2C1CCCN(C(=O)C=Cc2ccc(F)c(F)c2)C1. The minimum Gasteiger partial charge on any atom is -0.457 e. The second kappa shape index (κ2) is 11.2. The molecule has 0 spiro atoms. The number of halogens is 2. The Morgan fingerprint density at radius 3 is 2.54 bits per heavy atom. The monoisotopic (exact) mass is 552 g/mol. The van der Waals surface area contributed by atoms with Crippen LogP contribution in [-0.4, -0.2) is 43.6 Å². The molecule has 10 heteroatoms. The number of para-hydroxylation sites is 1. The molecule has 3 heterocycles. The Hall–Kier alpha value is -5.12. The van der Waals surface area contributed by atoms with E-state index >= 15 is 0 Å². The average Bonchev–Trinajstić information content (AvgIpc) is 3.40. The zero-order valence-corrected chi connectivity index (χ0v) is 22.0. The first-order valence-corrected chi connectivity index (χ1v) is 13.2. The topological polar surface area (TPSA) is 99.2 Å². The molecule has 1 aliphatic heterocycles. The lowest BCUT2D eigenvalue weighted by atomic mass is 10.1. The number of nitrogens with two attached hydrogens (primary N) is 1. The first kappa shape index (κ1) is 26.1. The van der Waals surface area contributed by atoms with Crippen molar-refractivity contribution >= 4 is 28.8 Å². The van der Waals surface area contributed by atoms with E-state index in [0.29, 0.717) is 46.9 Å². The summed E-state index contributed by atoms with van der Waals surface area (Å²) in [5.41, 5.74) is 8.77. The lowest BCUT2D eigenvalue weighted by Crippen LogP contribution is -2.40. The van der Waals surface area contributed by atoms with Crippen molar-refractivity contribution in [3.63, 3.8) is 0 Å². The highest BCUT2D eigenvalue weighted by Gasteiger charge is 2.28. The Morgan fingerprint density at radius 1 is 0.976 bits per heavy atom. The zero-order chi connectivity index (χ0) is 28.3. The van der Waals surface area contributed by atoms with Crippen LogP contribution in [0.3, 0.4) is 0 Å². The van der Waals surface area contributed by atoms with Crippen molar-refractivity contribution < 1.29 is 18.3 Å². The van der Waals surface area contributed by atoms with Crippen LogP contribution in [0, 0.1) is 11.6 Å². The smallest absolute Gasteiger partial charge is 0.246 e. The summed E-state index contributed by atoms with van der Waals surface area (Å²) in [6, 6.07) is 20.5. The van der Waals surface area contributed by atoms with Gasteiger partial charge in [-0.1, -0.05) is 24.3 Å². The molecule has 6 rings (SSSR count). The van der Waals surface area contributed by atoms with Gasteiger partial charge in [-0.2, -0.15) is 5.10 Å². The van der Waals surface area contributed by atoms with Crippen molar-refractivity contribution in [2.24, 2.45) is 0 Å². The van der Waals surface area contributed by atoms with E-state index in [9.17, 15) is 13.6 Å². The summed E-state index contributed by atoms with van der Waals surface area (Å²) in [5.74, 6) is -0.370. The quantitative estimate of drug-likeness (QED) is 0.259. The largest absolute Gasteiger partial charge is 0.457 e. The van der Waals surface area contributed by atoms with Crippen molar-refractivity contribution in [3.8, 4) is 22.8 Å². The van der Waals surface area contributed by atoms with Gasteiger partial charge in [0.15, 0.2) is 17.3 Å². The van der Waals surface area contributed by atoms with Crippen LogP contribution in [0.1, 0.15) is 24.4 Å². The molecule has 1 amide bonds. The molecule has 0 aliphatic carbocycles. The van der Waals surface area contributed by atoms with E-state index in [0.717, 1.165) is 36.3 Å². The number of amides is 1. The summed E-state index contributed by atoms with van der Waals surface area (Å²) < 4.78 is 34.5. The Kier molecular flexibility index (Phi) is 7.11. The maximum Gasteiger partial charge on any atom is 0.246 e. The van der Waals surface area contributed by atoms with E-state index in [4.69, 9.17) is 15.6 Å². The van der Waals surface area contributed by atoms with Gasteiger partial charge in [-0.25, -0.2) is 23.4 Å². The van der Waals surface area contributed by atoms with Crippen LogP contribution in [0.15, 0.2) is 85.2 Å². The molecule has 206 valence electrons. The van der Waals surface area contributed by atoms with Crippen molar-refractivity contribution in [1.29, 1.82) is 0 Å². The normalized spacial score (nSPS) is 15.5. The molecular formula is C31H26F2N6O2. The fraction of sp³-hybridized carbons (Fsp3) is 0.161. The number of piperidine rings is 1. The molecule has 0 bridgehead atoms. The van der Waals surface area contributed by atoms with Crippen LogP contribution in [0.5, 0.6) is 11.5 Å². The predicted octanol–water partition coefficient (Wildman–Crippen LogP) is 6.02. The fourth-order valence-corrected chi connectivity index (χ4v) is 5.00. The average molecular weight is 553 g/mol. The summed E-state index contributed by atoms with van der Waals surface area (Å²) in [6.07, 6.45) is 5.82. The number of hydrogen-bond donors (Lipinski definition) is 1. The Balaban J connectivity index is 1.25. The van der Waals surface area contributed by atoms with E-state index in [-0.39, 0.29) is 11.9 Å². The molecule has 8 nitrogen and oxygen atoms in total. The van der Waals surface area contributed by atoms with Crippen molar-refractivity contribution in [1.82, 2.24) is 24.6 Å². The van der Waals surface area contributed by atoms with E-state index in [1.165, 1.54) is 24.5 Å². The Morgan fingerprint density at radius 2 is 1.76 bits per heavy atom. The molecule has 3 aromatic carbocycles. The van der Waals surface area contributed by atoms with Gasteiger partial charge in [0.1, 0.15) is 29.3 Å². The van der Waals surface area contributed by atoms with Gasteiger partial charge < -0.3 is 15.4 Å². The highest BCUT2D eigenvalue weighted by Crippen LogP contribution is 2.35. The van der Waals surface area contributed by atoms with Crippen LogP contribution in [0.25, 0.3) is 28.4 Å². The lowest BCUT2D eigenvalue weighted by Gasteiger charge is -2.32. The van der Waals surface area contributed by atoms with Gasteiger partial charge in [-0.15, -0.1) is 0 Å². The van der Waals surface area contributed by atoms with Crippen LogP contribution < -0.4 is 10.5 Å². The van der Waals surface area contributed by atoms with Crippen LogP contribution >= 0.6 is 0 Å². The van der Waals surface area contributed by atoms with Gasteiger partial charge in [0.05, 0.1) is 11.4 Å². The number of rotatable bonds is 6. The number of benzene rings is 3. The van der Waals surface area contributed by atoms with Gasteiger partial charge in [-0.3, -0.25) is 4.79 Å². The molecule has 1 unspecified atom stereocenters. The van der Waals surface area contributed by atoms with Crippen LogP contribution in [-0.2, 0) is 4.79 Å². The van der Waals surface area contributed by atoms with Gasteiger partial charge in [0.2, 0.25) is 5.91 Å². The van der Waals surface area contributed by atoms with Gasteiger partial charge in [0.25, 0.3) is 0 Å². The number of fused-ring (bicyclic) bond motifs is 1. The molecule has 1 atom stereocenters. The number of anilines is 1. The minimum absolute atomic E-state index is 0.143. The van der Waals surface area contributed by atoms with Gasteiger partial charge >= 0.3 is 0 Å². The lowest BCUT2D eigenvalue weighted by molar-refractivity contribution is -0.127. The number of carbonyl (C=O) groups is 1. The molecule has 5 aromatic rings.